The molecule has 4 heteroatoms. The van der Waals surface area contributed by atoms with Gasteiger partial charge in [0.25, 0.3) is 0 Å². The van der Waals surface area contributed by atoms with Crippen LogP contribution in [0.3, 0.4) is 0 Å². The van der Waals surface area contributed by atoms with E-state index in [1.54, 1.807) is 0 Å². The Morgan fingerprint density at radius 2 is 0.586 bits per heavy atom. The second kappa shape index (κ2) is 19.4. The normalized spacial score (nSPS) is 14.0. The lowest BCUT2D eigenvalue weighted by Gasteiger charge is -2.34. The van der Waals surface area contributed by atoms with Gasteiger partial charge in [-0.25, -0.2) is 0 Å². The lowest BCUT2D eigenvalue weighted by Crippen LogP contribution is -2.28. The summed E-state index contributed by atoms with van der Waals surface area (Å²) in [5, 5.41) is 0. The first-order chi connectivity index (χ1) is 33.9. The fraction of sp³-hybridized carbons (Fsp3) is 0.273. The van der Waals surface area contributed by atoms with Crippen molar-refractivity contribution < 1.29 is 18.9 Å². The zero-order valence-corrected chi connectivity index (χ0v) is 41.8. The quantitative estimate of drug-likeness (QED) is 0.0853. The van der Waals surface area contributed by atoms with Crippen molar-refractivity contribution in [3.63, 3.8) is 0 Å². The molecule has 2 aliphatic carbocycles. The van der Waals surface area contributed by atoms with Crippen LogP contribution in [-0.2, 0) is 10.8 Å². The van der Waals surface area contributed by atoms with E-state index < -0.39 is 10.8 Å². The van der Waals surface area contributed by atoms with Crippen molar-refractivity contribution in [2.45, 2.75) is 90.1 Å². The first-order valence-corrected chi connectivity index (χ1v) is 25.3. The first-order valence-electron chi connectivity index (χ1n) is 25.3. The van der Waals surface area contributed by atoms with E-state index in [4.69, 9.17) is 18.9 Å². The highest BCUT2D eigenvalue weighted by Crippen LogP contribution is 2.58. The number of hydrogen-bond donors (Lipinski definition) is 0. The molecule has 10 rings (SSSR count). The summed E-state index contributed by atoms with van der Waals surface area (Å²) in [6.07, 6.45) is 5.18. The van der Waals surface area contributed by atoms with Crippen molar-refractivity contribution in [3.05, 3.63) is 239 Å². The van der Waals surface area contributed by atoms with Crippen LogP contribution in [0.1, 0.15) is 118 Å². The summed E-state index contributed by atoms with van der Waals surface area (Å²) in [6, 6.07) is 70.4. The van der Waals surface area contributed by atoms with Gasteiger partial charge in [0.15, 0.2) is 0 Å². The van der Waals surface area contributed by atoms with Crippen LogP contribution in [0.5, 0.6) is 23.0 Å². The minimum absolute atomic E-state index is 0.278. The molecule has 4 nitrogen and oxygen atoms in total. The molecule has 0 N–H and O–H groups in total. The number of rotatable bonds is 17. The molecule has 354 valence electrons. The maximum Gasteiger partial charge on any atom is 0.120 e. The monoisotopic (exact) mass is 922 g/mol. The fourth-order valence-electron chi connectivity index (χ4n) is 11.1. The van der Waals surface area contributed by atoms with E-state index in [1.807, 2.05) is 0 Å². The standard InChI is InChI=1S/C66H66O4/c1-63(2,3)43-15-16-44-67-51-35-27-47(28-36-51)65(59-23-11-7-19-55(59)56-20-8-12-24-60(56)65)48-29-37-52(38-30-48)68-45-17-18-46-69-53-39-31-49(32-40-53)66(50-33-41-54(42-34-50)70-64(4,5)6)61-25-13-9-21-57(61)58-22-10-14-26-62(58)66/h7-14,19-42H,15-18,43-46H2,1-6H3. The molecule has 0 aliphatic heterocycles. The Morgan fingerprint density at radius 1 is 0.314 bits per heavy atom. The molecule has 0 radical (unpaired) electrons. The average molecular weight is 923 g/mol. The zero-order chi connectivity index (χ0) is 48.4. The van der Waals surface area contributed by atoms with Gasteiger partial charge in [-0.2, -0.15) is 0 Å². The third kappa shape index (κ3) is 9.01. The minimum Gasteiger partial charge on any atom is -0.494 e. The van der Waals surface area contributed by atoms with Gasteiger partial charge < -0.3 is 18.9 Å². The summed E-state index contributed by atoms with van der Waals surface area (Å²) in [5.74, 6) is 3.51. The molecule has 0 heterocycles. The van der Waals surface area contributed by atoms with E-state index in [0.717, 1.165) is 48.9 Å². The van der Waals surface area contributed by atoms with E-state index in [9.17, 15) is 0 Å². The van der Waals surface area contributed by atoms with Gasteiger partial charge in [0.1, 0.15) is 28.6 Å². The van der Waals surface area contributed by atoms with Crippen molar-refractivity contribution in [2.75, 3.05) is 19.8 Å². The van der Waals surface area contributed by atoms with Crippen molar-refractivity contribution in [2.24, 2.45) is 5.41 Å². The van der Waals surface area contributed by atoms with Crippen LogP contribution < -0.4 is 18.9 Å². The Labute approximate surface area is 416 Å². The van der Waals surface area contributed by atoms with Gasteiger partial charge in [0.2, 0.25) is 0 Å². The predicted octanol–water partition coefficient (Wildman–Crippen LogP) is 16.4. The van der Waals surface area contributed by atoms with Crippen molar-refractivity contribution in [1.82, 2.24) is 0 Å². The maximum atomic E-state index is 6.38. The van der Waals surface area contributed by atoms with Crippen LogP contribution in [0, 0.1) is 5.41 Å². The lowest BCUT2D eigenvalue weighted by atomic mass is 9.68. The van der Waals surface area contributed by atoms with E-state index in [1.165, 1.54) is 79.6 Å². The second-order valence-corrected chi connectivity index (χ2v) is 21.3. The Morgan fingerprint density at radius 3 is 0.871 bits per heavy atom. The topological polar surface area (TPSA) is 36.9 Å². The molecule has 0 fully saturated rings. The molecule has 70 heavy (non-hydrogen) atoms. The molecular formula is C66H66O4. The summed E-state index contributed by atoms with van der Waals surface area (Å²) >= 11 is 0. The van der Waals surface area contributed by atoms with Gasteiger partial charge in [-0.1, -0.05) is 166 Å². The van der Waals surface area contributed by atoms with Crippen LogP contribution in [-0.4, -0.2) is 25.4 Å². The van der Waals surface area contributed by atoms with Crippen molar-refractivity contribution >= 4 is 0 Å². The number of fused-ring (bicyclic) bond motifs is 6. The summed E-state index contributed by atoms with van der Waals surface area (Å²) in [7, 11) is 0. The molecule has 8 aromatic carbocycles. The highest BCUT2D eigenvalue weighted by Gasteiger charge is 2.47. The van der Waals surface area contributed by atoms with E-state index in [2.05, 4.69) is 236 Å². The van der Waals surface area contributed by atoms with Gasteiger partial charge in [-0.3, -0.25) is 0 Å². The molecular weight excluding hydrogens is 857 g/mol. The SMILES string of the molecule is CC(C)(C)CCCCOc1ccc(C2(c3ccc(OCCCCOc4ccc(C5(c6ccc(OC(C)(C)C)cc6)c6ccccc6-c6ccccc65)cc4)cc3)c3ccccc3-c3ccccc32)cc1. The summed E-state index contributed by atoms with van der Waals surface area (Å²) in [4.78, 5) is 0. The highest BCUT2D eigenvalue weighted by atomic mass is 16.5. The Bertz CT molecular complexity index is 2950. The number of hydrogen-bond acceptors (Lipinski definition) is 4. The Balaban J connectivity index is 0.806. The minimum atomic E-state index is -0.486. The largest absolute Gasteiger partial charge is 0.494 e. The van der Waals surface area contributed by atoms with Crippen LogP contribution in [0.2, 0.25) is 0 Å². The molecule has 2 aliphatic rings. The van der Waals surface area contributed by atoms with Crippen LogP contribution in [0.4, 0.5) is 0 Å². The number of ether oxygens (including phenoxy) is 4. The van der Waals surface area contributed by atoms with Crippen LogP contribution >= 0.6 is 0 Å². The highest BCUT2D eigenvalue weighted by molar-refractivity contribution is 5.87. The Kier molecular flexibility index (Phi) is 12.9. The van der Waals surface area contributed by atoms with E-state index >= 15 is 0 Å². The molecule has 0 saturated carbocycles. The lowest BCUT2D eigenvalue weighted by molar-refractivity contribution is 0.131. The molecule has 0 amide bonds. The second-order valence-electron chi connectivity index (χ2n) is 21.3. The smallest absolute Gasteiger partial charge is 0.120 e. The third-order valence-electron chi connectivity index (χ3n) is 14.1. The molecule has 0 bridgehead atoms. The molecule has 0 unspecified atom stereocenters. The van der Waals surface area contributed by atoms with Gasteiger partial charge in [0, 0.05) is 0 Å². The molecule has 0 atom stereocenters. The predicted molar refractivity (Wildman–Crippen MR) is 287 cm³/mol. The molecule has 0 spiro atoms. The van der Waals surface area contributed by atoms with Gasteiger partial charge >= 0.3 is 0 Å². The number of unbranched alkanes of at least 4 members (excludes halogenated alkanes) is 2. The van der Waals surface area contributed by atoms with E-state index in [0.29, 0.717) is 18.6 Å². The summed E-state index contributed by atoms with van der Waals surface area (Å²) in [5.41, 5.74) is 14.2. The van der Waals surface area contributed by atoms with Gasteiger partial charge in [-0.05, 0) is 174 Å². The van der Waals surface area contributed by atoms with Crippen molar-refractivity contribution in [1.29, 1.82) is 0 Å². The van der Waals surface area contributed by atoms with Gasteiger partial charge in [-0.15, -0.1) is 0 Å². The molecule has 0 saturated heterocycles. The maximum absolute atomic E-state index is 6.38. The summed E-state index contributed by atoms with van der Waals surface area (Å²) in [6.45, 7) is 15.1. The van der Waals surface area contributed by atoms with Crippen molar-refractivity contribution in [3.8, 4) is 45.3 Å². The zero-order valence-electron chi connectivity index (χ0n) is 41.8. The fourth-order valence-corrected chi connectivity index (χ4v) is 11.1. The van der Waals surface area contributed by atoms with Gasteiger partial charge in [0.05, 0.1) is 30.7 Å². The molecule has 8 aromatic rings. The number of benzene rings is 8. The summed E-state index contributed by atoms with van der Waals surface area (Å²) < 4.78 is 25.3. The Hall–Kier alpha value is -7.04. The van der Waals surface area contributed by atoms with Crippen LogP contribution in [0.15, 0.2) is 194 Å². The van der Waals surface area contributed by atoms with E-state index in [-0.39, 0.29) is 5.60 Å². The third-order valence-corrected chi connectivity index (χ3v) is 14.1. The molecule has 0 aromatic heterocycles. The van der Waals surface area contributed by atoms with Crippen LogP contribution in [0.25, 0.3) is 22.3 Å². The first kappa shape index (κ1) is 46.7. The average Bonchev–Trinajstić information content (AvgIpc) is 3.84.